The molecule has 29 heavy (non-hydrogen) atoms. The van der Waals surface area contributed by atoms with E-state index in [2.05, 4.69) is 10.4 Å². The van der Waals surface area contributed by atoms with Crippen LogP contribution in [0.1, 0.15) is 15.9 Å². The van der Waals surface area contributed by atoms with Gasteiger partial charge in [0.15, 0.2) is 0 Å². The number of benzene rings is 3. The molecule has 3 aromatic carbocycles. The van der Waals surface area contributed by atoms with Crippen LogP contribution in [0.3, 0.4) is 0 Å². The van der Waals surface area contributed by atoms with E-state index in [0.29, 0.717) is 16.3 Å². The molecule has 0 saturated heterocycles. The number of carbonyl (C=O) groups excluding carboxylic acids is 1. The lowest BCUT2D eigenvalue weighted by atomic mass is 10.0. The summed E-state index contributed by atoms with van der Waals surface area (Å²) in [6.45, 7) is 1.97. The maximum Gasteiger partial charge on any atom is 0.261 e. The Morgan fingerprint density at radius 2 is 1.76 bits per heavy atom. The quantitative estimate of drug-likeness (QED) is 0.484. The standard InChI is InChI=1S/C23H19ClN4O/c1-15-7-5-6-10-21(15)28-22(25)19(14-26-28)23(29)27-20-12-11-17(24)13-18(20)16-8-3-2-4-9-16/h2-14H,25H2,1H3,(H,27,29). The molecule has 0 atom stereocenters. The fraction of sp³-hybridized carbons (Fsp3) is 0.0435. The minimum Gasteiger partial charge on any atom is -0.383 e. The lowest BCUT2D eigenvalue weighted by molar-refractivity contribution is 0.102. The van der Waals surface area contributed by atoms with E-state index in [0.717, 1.165) is 22.4 Å². The Labute approximate surface area is 173 Å². The van der Waals surface area contributed by atoms with Crippen LogP contribution in [-0.4, -0.2) is 15.7 Å². The Bertz CT molecular complexity index is 1180. The van der Waals surface area contributed by atoms with Gasteiger partial charge in [-0.05, 0) is 42.3 Å². The van der Waals surface area contributed by atoms with Crippen molar-refractivity contribution in [1.29, 1.82) is 0 Å². The third-order valence-corrected chi connectivity index (χ3v) is 4.94. The summed E-state index contributed by atoms with van der Waals surface area (Å²) >= 11 is 6.19. The Kier molecular flexibility index (Phi) is 5.06. The molecular formula is C23H19ClN4O. The topological polar surface area (TPSA) is 72.9 Å². The van der Waals surface area contributed by atoms with Crippen LogP contribution >= 0.6 is 11.6 Å². The fourth-order valence-electron chi connectivity index (χ4n) is 3.20. The van der Waals surface area contributed by atoms with E-state index < -0.39 is 0 Å². The summed E-state index contributed by atoms with van der Waals surface area (Å²) in [4.78, 5) is 13.0. The number of anilines is 2. The van der Waals surface area contributed by atoms with Crippen molar-refractivity contribution in [3.8, 4) is 16.8 Å². The number of halogens is 1. The van der Waals surface area contributed by atoms with Crippen molar-refractivity contribution >= 4 is 29.0 Å². The number of para-hydroxylation sites is 1. The average molecular weight is 403 g/mol. The first-order valence-electron chi connectivity index (χ1n) is 9.10. The van der Waals surface area contributed by atoms with Gasteiger partial charge in [-0.25, -0.2) is 4.68 Å². The highest BCUT2D eigenvalue weighted by atomic mass is 35.5. The summed E-state index contributed by atoms with van der Waals surface area (Å²) in [7, 11) is 0. The van der Waals surface area contributed by atoms with Crippen LogP contribution in [-0.2, 0) is 0 Å². The van der Waals surface area contributed by atoms with Gasteiger partial charge in [-0.1, -0.05) is 60.1 Å². The van der Waals surface area contributed by atoms with Gasteiger partial charge in [0.1, 0.15) is 11.4 Å². The molecule has 1 heterocycles. The fourth-order valence-corrected chi connectivity index (χ4v) is 3.37. The van der Waals surface area contributed by atoms with Crippen LogP contribution in [0.25, 0.3) is 16.8 Å². The van der Waals surface area contributed by atoms with Gasteiger partial charge >= 0.3 is 0 Å². The molecule has 3 N–H and O–H groups in total. The maximum atomic E-state index is 13.0. The van der Waals surface area contributed by atoms with E-state index in [1.807, 2.05) is 67.6 Å². The molecule has 0 spiro atoms. The van der Waals surface area contributed by atoms with Gasteiger partial charge < -0.3 is 11.1 Å². The minimum absolute atomic E-state index is 0.284. The Hall–Kier alpha value is -3.57. The Morgan fingerprint density at radius 3 is 2.52 bits per heavy atom. The highest BCUT2D eigenvalue weighted by Crippen LogP contribution is 2.31. The SMILES string of the molecule is Cc1ccccc1-n1ncc(C(=O)Nc2ccc(Cl)cc2-c2ccccc2)c1N. The number of aryl methyl sites for hydroxylation is 1. The summed E-state index contributed by atoms with van der Waals surface area (Å²) in [5.41, 5.74) is 10.8. The zero-order valence-electron chi connectivity index (χ0n) is 15.8. The highest BCUT2D eigenvalue weighted by Gasteiger charge is 2.18. The van der Waals surface area contributed by atoms with Crippen molar-refractivity contribution < 1.29 is 4.79 Å². The Balaban J connectivity index is 1.68. The zero-order chi connectivity index (χ0) is 20.4. The number of nitrogens with two attached hydrogens (primary N) is 1. The molecule has 0 aliphatic rings. The first kappa shape index (κ1) is 18.8. The maximum absolute atomic E-state index is 13.0. The van der Waals surface area contributed by atoms with Crippen molar-refractivity contribution in [2.75, 3.05) is 11.1 Å². The molecule has 0 bridgehead atoms. The number of nitrogens with one attached hydrogen (secondary N) is 1. The van der Waals surface area contributed by atoms with Crippen molar-refractivity contribution in [3.63, 3.8) is 0 Å². The van der Waals surface area contributed by atoms with Crippen molar-refractivity contribution in [2.24, 2.45) is 0 Å². The summed E-state index contributed by atoms with van der Waals surface area (Å²) in [6.07, 6.45) is 1.48. The van der Waals surface area contributed by atoms with Crippen molar-refractivity contribution in [3.05, 3.63) is 95.1 Å². The van der Waals surface area contributed by atoms with Gasteiger partial charge in [-0.3, -0.25) is 4.79 Å². The van der Waals surface area contributed by atoms with E-state index in [1.165, 1.54) is 6.20 Å². The van der Waals surface area contributed by atoms with E-state index >= 15 is 0 Å². The Morgan fingerprint density at radius 1 is 1.03 bits per heavy atom. The molecule has 6 heteroatoms. The number of amides is 1. The number of rotatable bonds is 4. The number of carbonyl (C=O) groups is 1. The van der Waals surface area contributed by atoms with E-state index in [4.69, 9.17) is 17.3 Å². The molecule has 1 aromatic heterocycles. The second kappa shape index (κ2) is 7.81. The average Bonchev–Trinajstić information content (AvgIpc) is 3.11. The van der Waals surface area contributed by atoms with Gasteiger partial charge in [0.05, 0.1) is 11.9 Å². The van der Waals surface area contributed by atoms with Crippen LogP contribution in [0, 0.1) is 6.92 Å². The lowest BCUT2D eigenvalue weighted by Gasteiger charge is -2.12. The predicted octanol–water partition coefficient (Wildman–Crippen LogP) is 5.34. The first-order valence-corrected chi connectivity index (χ1v) is 9.48. The zero-order valence-corrected chi connectivity index (χ0v) is 16.5. The molecule has 1 amide bonds. The first-order chi connectivity index (χ1) is 14.0. The highest BCUT2D eigenvalue weighted by molar-refractivity contribution is 6.31. The summed E-state index contributed by atoms with van der Waals surface area (Å²) < 4.78 is 1.57. The number of hydrogen-bond acceptors (Lipinski definition) is 3. The third-order valence-electron chi connectivity index (χ3n) is 4.71. The number of nitrogen functional groups attached to an aromatic ring is 1. The third kappa shape index (κ3) is 3.73. The van der Waals surface area contributed by atoms with Crippen molar-refractivity contribution in [2.45, 2.75) is 6.92 Å². The normalized spacial score (nSPS) is 10.7. The van der Waals surface area contributed by atoms with Crippen LogP contribution in [0.2, 0.25) is 5.02 Å². The summed E-state index contributed by atoms with van der Waals surface area (Å²) in [5.74, 6) is -0.0473. The van der Waals surface area contributed by atoms with Gasteiger partial charge in [-0.2, -0.15) is 5.10 Å². The van der Waals surface area contributed by atoms with Gasteiger partial charge in [0.2, 0.25) is 0 Å². The molecule has 0 unspecified atom stereocenters. The van der Waals surface area contributed by atoms with E-state index in [9.17, 15) is 4.79 Å². The number of hydrogen-bond donors (Lipinski definition) is 2. The molecule has 144 valence electrons. The molecule has 0 aliphatic carbocycles. The van der Waals surface area contributed by atoms with Crippen LogP contribution in [0.4, 0.5) is 11.5 Å². The van der Waals surface area contributed by atoms with Crippen LogP contribution < -0.4 is 11.1 Å². The smallest absolute Gasteiger partial charge is 0.261 e. The molecule has 5 nitrogen and oxygen atoms in total. The molecule has 4 aromatic rings. The second-order valence-corrected chi connectivity index (χ2v) is 7.09. The van der Waals surface area contributed by atoms with E-state index in [-0.39, 0.29) is 11.7 Å². The molecular weight excluding hydrogens is 384 g/mol. The van der Waals surface area contributed by atoms with Gasteiger partial charge in [-0.15, -0.1) is 0 Å². The lowest BCUT2D eigenvalue weighted by Crippen LogP contribution is -2.15. The van der Waals surface area contributed by atoms with Gasteiger partial charge in [0, 0.05) is 16.3 Å². The molecule has 0 radical (unpaired) electrons. The number of nitrogens with zero attached hydrogens (tertiary/aromatic N) is 2. The summed E-state index contributed by atoms with van der Waals surface area (Å²) in [6, 6.07) is 22.8. The van der Waals surface area contributed by atoms with Crippen LogP contribution in [0.15, 0.2) is 79.0 Å². The minimum atomic E-state index is -0.332. The molecule has 0 aliphatic heterocycles. The molecule has 0 fully saturated rings. The summed E-state index contributed by atoms with van der Waals surface area (Å²) in [5, 5.41) is 7.85. The number of aromatic nitrogens is 2. The van der Waals surface area contributed by atoms with Crippen LogP contribution in [0.5, 0.6) is 0 Å². The van der Waals surface area contributed by atoms with Gasteiger partial charge in [0.25, 0.3) is 5.91 Å². The van der Waals surface area contributed by atoms with E-state index in [1.54, 1.807) is 16.8 Å². The largest absolute Gasteiger partial charge is 0.383 e. The monoisotopic (exact) mass is 402 g/mol. The second-order valence-electron chi connectivity index (χ2n) is 6.65. The van der Waals surface area contributed by atoms with Crippen molar-refractivity contribution in [1.82, 2.24) is 9.78 Å². The predicted molar refractivity (Wildman–Crippen MR) is 118 cm³/mol. The molecule has 4 rings (SSSR count). The molecule has 0 saturated carbocycles.